The standard InChI is InChI=1S/C27H24N4O7S/c1-17-2-8-21(22(14-17)31(35)36)23-9-7-20(38-23)15-24-26(33)30(27(34)39-24)16-25(32)28-18-3-5-19(6-4-18)29-10-12-37-13-11-29/h2-9,14-15H,10-13,16H2,1H3,(H,28,32)/b24-15+. The molecule has 2 aromatic carbocycles. The van der Waals surface area contributed by atoms with Gasteiger partial charge in [-0.15, -0.1) is 0 Å². The minimum Gasteiger partial charge on any atom is -0.456 e. The number of nitro groups is 1. The van der Waals surface area contributed by atoms with E-state index in [1.54, 1.807) is 43.3 Å². The average Bonchev–Trinajstić information content (AvgIpc) is 3.49. The summed E-state index contributed by atoms with van der Waals surface area (Å²) in [7, 11) is 0. The van der Waals surface area contributed by atoms with E-state index < -0.39 is 28.5 Å². The molecule has 12 heteroatoms. The third-order valence-electron chi connectivity index (χ3n) is 6.22. The Kier molecular flexibility index (Phi) is 7.48. The zero-order valence-corrected chi connectivity index (χ0v) is 21.7. The summed E-state index contributed by atoms with van der Waals surface area (Å²) in [6.07, 6.45) is 1.39. The minimum absolute atomic E-state index is 0.0852. The first-order valence-corrected chi connectivity index (χ1v) is 12.9. The lowest BCUT2D eigenvalue weighted by Gasteiger charge is -2.28. The molecule has 0 aliphatic carbocycles. The van der Waals surface area contributed by atoms with Gasteiger partial charge in [-0.3, -0.25) is 29.4 Å². The van der Waals surface area contributed by atoms with Crippen molar-refractivity contribution in [2.45, 2.75) is 6.92 Å². The van der Waals surface area contributed by atoms with E-state index in [1.165, 1.54) is 12.1 Å². The van der Waals surface area contributed by atoms with E-state index in [0.717, 1.165) is 29.2 Å². The number of hydrogen-bond donors (Lipinski definition) is 1. The fourth-order valence-corrected chi connectivity index (χ4v) is 5.08. The Morgan fingerprint density at radius 1 is 1.10 bits per heavy atom. The molecule has 2 aliphatic heterocycles. The summed E-state index contributed by atoms with van der Waals surface area (Å²) < 4.78 is 11.1. The van der Waals surface area contributed by atoms with Crippen LogP contribution in [0.4, 0.5) is 21.9 Å². The summed E-state index contributed by atoms with van der Waals surface area (Å²) in [5, 5.41) is 13.6. The Morgan fingerprint density at radius 2 is 1.85 bits per heavy atom. The van der Waals surface area contributed by atoms with Crippen molar-refractivity contribution in [3.63, 3.8) is 0 Å². The van der Waals surface area contributed by atoms with E-state index in [1.807, 2.05) is 12.1 Å². The van der Waals surface area contributed by atoms with Crippen molar-refractivity contribution in [2.75, 3.05) is 43.1 Å². The molecule has 5 rings (SSSR count). The van der Waals surface area contributed by atoms with Crippen LogP contribution in [0.1, 0.15) is 11.3 Å². The molecule has 0 spiro atoms. The number of ether oxygens (including phenoxy) is 1. The highest BCUT2D eigenvalue weighted by molar-refractivity contribution is 8.18. The number of anilines is 2. The Bertz CT molecular complexity index is 1480. The van der Waals surface area contributed by atoms with Crippen molar-refractivity contribution in [1.82, 2.24) is 4.90 Å². The van der Waals surface area contributed by atoms with E-state index in [0.29, 0.717) is 36.2 Å². The number of amides is 3. The third kappa shape index (κ3) is 5.86. The second kappa shape index (κ2) is 11.1. The number of nitrogens with one attached hydrogen (secondary N) is 1. The van der Waals surface area contributed by atoms with Crippen LogP contribution in [-0.2, 0) is 14.3 Å². The largest absolute Gasteiger partial charge is 0.456 e. The molecular weight excluding hydrogens is 524 g/mol. The highest BCUT2D eigenvalue weighted by Gasteiger charge is 2.36. The summed E-state index contributed by atoms with van der Waals surface area (Å²) >= 11 is 0.692. The molecule has 39 heavy (non-hydrogen) atoms. The zero-order chi connectivity index (χ0) is 27.5. The maximum Gasteiger partial charge on any atom is 0.294 e. The predicted octanol–water partition coefficient (Wildman–Crippen LogP) is 4.67. The fraction of sp³-hybridized carbons (Fsp3) is 0.222. The highest BCUT2D eigenvalue weighted by Crippen LogP contribution is 2.35. The van der Waals surface area contributed by atoms with Gasteiger partial charge in [0.2, 0.25) is 5.91 Å². The first-order chi connectivity index (χ1) is 18.8. The average molecular weight is 549 g/mol. The molecule has 0 unspecified atom stereocenters. The van der Waals surface area contributed by atoms with E-state index in [-0.39, 0.29) is 22.1 Å². The molecule has 0 bridgehead atoms. The molecule has 3 heterocycles. The fourth-order valence-electron chi connectivity index (χ4n) is 4.26. The van der Waals surface area contributed by atoms with Crippen molar-refractivity contribution >= 4 is 52.0 Å². The number of morpholine rings is 1. The molecular formula is C27H24N4O7S. The van der Waals surface area contributed by atoms with Crippen LogP contribution >= 0.6 is 11.8 Å². The number of hydrogen-bond acceptors (Lipinski definition) is 9. The van der Waals surface area contributed by atoms with Crippen LogP contribution in [0, 0.1) is 17.0 Å². The van der Waals surface area contributed by atoms with Crippen molar-refractivity contribution in [2.24, 2.45) is 0 Å². The van der Waals surface area contributed by atoms with Gasteiger partial charge in [-0.25, -0.2) is 0 Å². The van der Waals surface area contributed by atoms with Crippen LogP contribution < -0.4 is 10.2 Å². The number of thioether (sulfide) groups is 1. The number of nitro benzene ring substituents is 1. The van der Waals surface area contributed by atoms with Gasteiger partial charge in [0.15, 0.2) is 0 Å². The number of aryl methyl sites for hydroxylation is 1. The smallest absolute Gasteiger partial charge is 0.294 e. The number of imide groups is 1. The lowest BCUT2D eigenvalue weighted by Crippen LogP contribution is -2.36. The molecule has 1 N–H and O–H groups in total. The quantitative estimate of drug-likeness (QED) is 0.254. The summed E-state index contributed by atoms with van der Waals surface area (Å²) in [6.45, 7) is 4.24. The molecule has 0 radical (unpaired) electrons. The summed E-state index contributed by atoms with van der Waals surface area (Å²) in [5.74, 6) is -0.631. The lowest BCUT2D eigenvalue weighted by molar-refractivity contribution is -0.384. The van der Waals surface area contributed by atoms with Gasteiger partial charge in [0, 0.05) is 36.6 Å². The van der Waals surface area contributed by atoms with Crippen LogP contribution in [0.3, 0.4) is 0 Å². The van der Waals surface area contributed by atoms with Crippen molar-refractivity contribution in [3.8, 4) is 11.3 Å². The number of carbonyl (C=O) groups excluding carboxylic acids is 3. The summed E-state index contributed by atoms with van der Waals surface area (Å²) in [5.41, 5.74) is 2.50. The van der Waals surface area contributed by atoms with Crippen LogP contribution in [-0.4, -0.2) is 59.7 Å². The number of nitrogens with zero attached hydrogens (tertiary/aromatic N) is 3. The molecule has 200 valence electrons. The van der Waals surface area contributed by atoms with E-state index in [9.17, 15) is 24.5 Å². The minimum atomic E-state index is -0.623. The molecule has 11 nitrogen and oxygen atoms in total. The van der Waals surface area contributed by atoms with Crippen LogP contribution in [0.25, 0.3) is 17.4 Å². The monoisotopic (exact) mass is 548 g/mol. The molecule has 2 fully saturated rings. The molecule has 3 aromatic rings. The number of rotatable bonds is 7. The molecule has 0 saturated carbocycles. The van der Waals surface area contributed by atoms with Crippen molar-refractivity contribution in [1.29, 1.82) is 0 Å². The number of furan rings is 1. The topological polar surface area (TPSA) is 135 Å². The Morgan fingerprint density at radius 3 is 2.56 bits per heavy atom. The maximum absolute atomic E-state index is 12.9. The van der Waals surface area contributed by atoms with Gasteiger partial charge in [0.1, 0.15) is 18.1 Å². The van der Waals surface area contributed by atoms with Gasteiger partial charge < -0.3 is 19.4 Å². The van der Waals surface area contributed by atoms with Gasteiger partial charge >= 0.3 is 0 Å². The second-order valence-electron chi connectivity index (χ2n) is 8.94. The molecule has 0 atom stereocenters. The van der Waals surface area contributed by atoms with Crippen LogP contribution in [0.15, 0.2) is 63.9 Å². The summed E-state index contributed by atoms with van der Waals surface area (Å²) in [6, 6.07) is 15.2. The Balaban J connectivity index is 1.23. The first kappa shape index (κ1) is 26.2. The lowest BCUT2D eigenvalue weighted by atomic mass is 10.1. The zero-order valence-electron chi connectivity index (χ0n) is 20.9. The SMILES string of the molecule is Cc1ccc(-c2ccc(/C=C3/SC(=O)N(CC(=O)Nc4ccc(N5CCOCC5)cc4)C3=O)o2)c([N+](=O)[O-])c1. The van der Waals surface area contributed by atoms with E-state index in [2.05, 4.69) is 10.2 Å². The Labute approximate surface area is 227 Å². The van der Waals surface area contributed by atoms with Crippen molar-refractivity contribution in [3.05, 3.63) is 80.9 Å². The highest BCUT2D eigenvalue weighted by atomic mass is 32.2. The molecule has 1 aromatic heterocycles. The third-order valence-corrected chi connectivity index (χ3v) is 7.13. The Hall–Kier alpha value is -4.42. The van der Waals surface area contributed by atoms with Gasteiger partial charge in [-0.2, -0.15) is 0 Å². The van der Waals surface area contributed by atoms with Crippen LogP contribution in [0.5, 0.6) is 0 Å². The van der Waals surface area contributed by atoms with Gasteiger partial charge in [-0.05, 0) is 66.7 Å². The molecule has 2 aliphatic rings. The maximum atomic E-state index is 12.9. The first-order valence-electron chi connectivity index (χ1n) is 12.1. The van der Waals surface area contributed by atoms with Gasteiger partial charge in [0.25, 0.3) is 16.8 Å². The second-order valence-corrected chi connectivity index (χ2v) is 9.94. The number of carbonyl (C=O) groups is 3. The van der Waals surface area contributed by atoms with Crippen molar-refractivity contribution < 1.29 is 28.5 Å². The molecule has 2 saturated heterocycles. The predicted molar refractivity (Wildman–Crippen MR) is 146 cm³/mol. The molecule has 3 amide bonds. The van der Waals surface area contributed by atoms with E-state index >= 15 is 0 Å². The normalized spacial score (nSPS) is 16.7. The van der Waals surface area contributed by atoms with Gasteiger partial charge in [0.05, 0.1) is 28.6 Å². The summed E-state index contributed by atoms with van der Waals surface area (Å²) in [4.78, 5) is 52.1. The van der Waals surface area contributed by atoms with Crippen LogP contribution in [0.2, 0.25) is 0 Å². The van der Waals surface area contributed by atoms with E-state index in [4.69, 9.17) is 9.15 Å². The van der Waals surface area contributed by atoms with Gasteiger partial charge in [-0.1, -0.05) is 6.07 Å². The number of benzene rings is 2.